The molecule has 1 atom stereocenters. The zero-order valence-corrected chi connectivity index (χ0v) is 13.2. The number of carbonyl (C=O) groups is 1. The number of anilines is 2. The Bertz CT molecular complexity index is 741. The lowest BCUT2D eigenvalue weighted by Crippen LogP contribution is -2.24. The van der Waals surface area contributed by atoms with Gasteiger partial charge < -0.3 is 14.9 Å². The summed E-state index contributed by atoms with van der Waals surface area (Å²) < 4.78 is 1.64. The van der Waals surface area contributed by atoms with Crippen molar-refractivity contribution in [2.45, 2.75) is 25.3 Å². The predicted molar refractivity (Wildman–Crippen MR) is 86.3 cm³/mol. The van der Waals surface area contributed by atoms with Crippen molar-refractivity contribution in [3.8, 4) is 0 Å². The maximum Gasteiger partial charge on any atom is 0.358 e. The van der Waals surface area contributed by atoms with E-state index in [0.29, 0.717) is 0 Å². The van der Waals surface area contributed by atoms with Crippen LogP contribution in [0.4, 0.5) is 11.6 Å². The fourth-order valence-corrected chi connectivity index (χ4v) is 3.35. The molecular weight excluding hydrogens is 310 g/mol. The quantitative estimate of drug-likeness (QED) is 0.880. The lowest BCUT2D eigenvalue weighted by atomic mass is 10.3. The normalized spacial score (nSPS) is 20.8. The maximum absolute atomic E-state index is 10.9. The molecule has 1 N–H and O–H groups in total. The van der Waals surface area contributed by atoms with Crippen LogP contribution in [0.5, 0.6) is 0 Å². The Balaban J connectivity index is 1.48. The van der Waals surface area contributed by atoms with E-state index in [4.69, 9.17) is 5.11 Å². The molecule has 0 radical (unpaired) electrons. The second kappa shape index (κ2) is 6.06. The van der Waals surface area contributed by atoms with E-state index in [0.717, 1.165) is 44.2 Å². The van der Waals surface area contributed by atoms with Crippen LogP contribution in [0.2, 0.25) is 0 Å². The lowest BCUT2D eigenvalue weighted by molar-refractivity contribution is 0.0690. The van der Waals surface area contributed by atoms with Crippen LogP contribution in [0, 0.1) is 0 Å². The summed E-state index contributed by atoms with van der Waals surface area (Å²) in [6.07, 6.45) is 6.42. The predicted octanol–water partition coefficient (Wildman–Crippen LogP) is 0.818. The molecule has 0 amide bonds. The highest BCUT2D eigenvalue weighted by atomic mass is 16.4. The van der Waals surface area contributed by atoms with E-state index in [1.807, 2.05) is 6.07 Å². The van der Waals surface area contributed by atoms with E-state index in [-0.39, 0.29) is 11.7 Å². The number of carboxylic acid groups (broad SMARTS) is 1. The number of hydrogen-bond donors (Lipinski definition) is 1. The Morgan fingerprint density at radius 1 is 1.12 bits per heavy atom. The Labute approximate surface area is 138 Å². The van der Waals surface area contributed by atoms with Crippen molar-refractivity contribution in [2.75, 3.05) is 36.0 Å². The van der Waals surface area contributed by atoms with Crippen molar-refractivity contribution < 1.29 is 9.90 Å². The van der Waals surface area contributed by atoms with E-state index in [1.165, 1.54) is 19.0 Å². The van der Waals surface area contributed by atoms with Gasteiger partial charge in [-0.3, -0.25) is 0 Å². The van der Waals surface area contributed by atoms with Gasteiger partial charge in [0.15, 0.2) is 5.69 Å². The van der Waals surface area contributed by atoms with Crippen molar-refractivity contribution in [1.82, 2.24) is 25.0 Å². The minimum absolute atomic E-state index is 0.0215. The molecule has 2 aromatic heterocycles. The summed E-state index contributed by atoms with van der Waals surface area (Å²) in [7, 11) is 0. The van der Waals surface area contributed by atoms with Crippen molar-refractivity contribution in [3.63, 3.8) is 0 Å². The molecular formula is C15H19N7O2. The summed E-state index contributed by atoms with van der Waals surface area (Å²) in [6.45, 7) is 3.69. The number of aromatic nitrogens is 5. The Kier molecular flexibility index (Phi) is 3.75. The van der Waals surface area contributed by atoms with Gasteiger partial charge >= 0.3 is 5.97 Å². The molecule has 2 aliphatic rings. The molecule has 0 saturated carbocycles. The highest BCUT2D eigenvalue weighted by Crippen LogP contribution is 2.27. The fourth-order valence-electron chi connectivity index (χ4n) is 3.35. The highest BCUT2D eigenvalue weighted by molar-refractivity contribution is 5.84. The SMILES string of the molecule is O=C(O)c1cn(C2CCN(c3cc(N4CCCC4)ncn3)C2)nn1. The summed E-state index contributed by atoms with van der Waals surface area (Å²) in [4.78, 5) is 24.2. The third-order valence-electron chi connectivity index (χ3n) is 4.66. The van der Waals surface area contributed by atoms with E-state index in [2.05, 4.69) is 30.1 Å². The molecule has 0 spiro atoms. The zero-order valence-electron chi connectivity index (χ0n) is 13.2. The Morgan fingerprint density at radius 3 is 2.58 bits per heavy atom. The summed E-state index contributed by atoms with van der Waals surface area (Å²) >= 11 is 0. The van der Waals surface area contributed by atoms with Gasteiger partial charge in [0, 0.05) is 32.2 Å². The van der Waals surface area contributed by atoms with Crippen LogP contribution in [-0.4, -0.2) is 62.2 Å². The van der Waals surface area contributed by atoms with Crippen LogP contribution in [0.1, 0.15) is 35.8 Å². The molecule has 0 aromatic carbocycles. The van der Waals surface area contributed by atoms with Gasteiger partial charge in [-0.25, -0.2) is 19.4 Å². The largest absolute Gasteiger partial charge is 0.476 e. The molecule has 1 unspecified atom stereocenters. The first-order valence-corrected chi connectivity index (χ1v) is 8.18. The number of carboxylic acids is 1. The van der Waals surface area contributed by atoms with Gasteiger partial charge in [-0.1, -0.05) is 5.21 Å². The molecule has 2 fully saturated rings. The second-order valence-electron chi connectivity index (χ2n) is 6.21. The minimum Gasteiger partial charge on any atom is -0.476 e. The molecule has 126 valence electrons. The van der Waals surface area contributed by atoms with E-state index < -0.39 is 5.97 Å². The summed E-state index contributed by atoms with van der Waals surface area (Å²) in [5.41, 5.74) is -0.0215. The van der Waals surface area contributed by atoms with Gasteiger partial charge in [-0.2, -0.15) is 0 Å². The van der Waals surface area contributed by atoms with Gasteiger partial charge in [0.05, 0.1) is 12.2 Å². The van der Waals surface area contributed by atoms with Crippen LogP contribution in [0.25, 0.3) is 0 Å². The van der Waals surface area contributed by atoms with Crippen LogP contribution in [0.3, 0.4) is 0 Å². The van der Waals surface area contributed by atoms with Gasteiger partial charge in [-0.15, -0.1) is 5.10 Å². The second-order valence-corrected chi connectivity index (χ2v) is 6.21. The van der Waals surface area contributed by atoms with Crippen molar-refractivity contribution in [2.24, 2.45) is 0 Å². The fraction of sp³-hybridized carbons (Fsp3) is 0.533. The standard InChI is InChI=1S/C15H19N7O2/c23-15(24)12-9-22(19-18-12)11-3-6-21(8-11)14-7-13(16-10-17-14)20-4-1-2-5-20/h7,9-11H,1-6,8H2,(H,23,24). The first kappa shape index (κ1) is 14.9. The molecule has 9 nitrogen and oxygen atoms in total. The van der Waals surface area contributed by atoms with E-state index in [1.54, 1.807) is 11.0 Å². The molecule has 2 aliphatic heterocycles. The third-order valence-corrected chi connectivity index (χ3v) is 4.66. The van der Waals surface area contributed by atoms with Crippen LogP contribution in [-0.2, 0) is 0 Å². The molecule has 9 heteroatoms. The molecule has 2 aromatic rings. The number of rotatable bonds is 4. The number of hydrogen-bond acceptors (Lipinski definition) is 7. The van der Waals surface area contributed by atoms with Crippen LogP contribution >= 0.6 is 0 Å². The number of nitrogens with zero attached hydrogens (tertiary/aromatic N) is 7. The van der Waals surface area contributed by atoms with Crippen molar-refractivity contribution in [1.29, 1.82) is 0 Å². The molecule has 0 aliphatic carbocycles. The maximum atomic E-state index is 10.9. The summed E-state index contributed by atoms with van der Waals surface area (Å²) in [5, 5.41) is 16.6. The average Bonchev–Trinajstić information content (AvgIpc) is 3.34. The molecule has 4 heterocycles. The molecule has 24 heavy (non-hydrogen) atoms. The van der Waals surface area contributed by atoms with Gasteiger partial charge in [0.2, 0.25) is 0 Å². The smallest absolute Gasteiger partial charge is 0.358 e. The zero-order chi connectivity index (χ0) is 16.5. The molecule has 2 saturated heterocycles. The monoisotopic (exact) mass is 329 g/mol. The third kappa shape index (κ3) is 2.77. The minimum atomic E-state index is -1.05. The van der Waals surface area contributed by atoms with Gasteiger partial charge in [0.1, 0.15) is 18.0 Å². The lowest BCUT2D eigenvalue weighted by Gasteiger charge is -2.21. The van der Waals surface area contributed by atoms with Crippen LogP contribution < -0.4 is 9.80 Å². The first-order valence-electron chi connectivity index (χ1n) is 8.18. The summed E-state index contributed by atoms with van der Waals surface area (Å²) in [5.74, 6) is 0.838. The van der Waals surface area contributed by atoms with Gasteiger partial charge in [-0.05, 0) is 19.3 Å². The van der Waals surface area contributed by atoms with E-state index >= 15 is 0 Å². The Hall–Kier alpha value is -2.71. The Morgan fingerprint density at radius 2 is 1.88 bits per heavy atom. The van der Waals surface area contributed by atoms with Gasteiger partial charge in [0.25, 0.3) is 0 Å². The molecule has 0 bridgehead atoms. The first-order chi connectivity index (χ1) is 11.7. The molecule has 4 rings (SSSR count). The summed E-state index contributed by atoms with van der Waals surface area (Å²) in [6, 6.07) is 2.15. The highest BCUT2D eigenvalue weighted by Gasteiger charge is 2.27. The topological polar surface area (TPSA) is 100 Å². The van der Waals surface area contributed by atoms with E-state index in [9.17, 15) is 4.79 Å². The van der Waals surface area contributed by atoms with Crippen LogP contribution in [0.15, 0.2) is 18.6 Å². The van der Waals surface area contributed by atoms with Crippen molar-refractivity contribution in [3.05, 3.63) is 24.3 Å². The average molecular weight is 329 g/mol. The van der Waals surface area contributed by atoms with Crippen molar-refractivity contribution >= 4 is 17.6 Å². The number of aromatic carboxylic acids is 1.